The number of methoxy groups -OCH3 is 2. The molecule has 31 heteroatoms. The van der Waals surface area contributed by atoms with Crippen LogP contribution < -0.4 is 38.2 Å². The molecule has 2 aromatic carbocycles. The van der Waals surface area contributed by atoms with E-state index in [0.29, 0.717) is 39.6 Å². The molecule has 6 fully saturated rings. The molecule has 6 saturated heterocycles. The van der Waals surface area contributed by atoms with Gasteiger partial charge in [-0.25, -0.2) is 29.9 Å². The maximum Gasteiger partial charge on any atom is 1.00 e. The number of hydrogen-bond acceptors (Lipinski definition) is 23. The van der Waals surface area contributed by atoms with Gasteiger partial charge in [0.25, 0.3) is 0 Å². The molecule has 0 spiro atoms. The zero-order valence-corrected chi connectivity index (χ0v) is 63.4. The fourth-order valence-electron chi connectivity index (χ4n) is 13.2. The third kappa shape index (κ3) is 14.6. The Bertz CT molecular complexity index is 4600. The molecule has 12 atom stereocenters. The summed E-state index contributed by atoms with van der Waals surface area (Å²) in [4.78, 5) is 34.6. The third-order valence-corrected chi connectivity index (χ3v) is 20.4. The van der Waals surface area contributed by atoms with Crippen LogP contribution in [0, 0.1) is 17.4 Å². The van der Waals surface area contributed by atoms with E-state index in [1.165, 1.54) is 27.9 Å². The van der Waals surface area contributed by atoms with E-state index in [2.05, 4.69) is 125 Å². The first-order valence-corrected chi connectivity index (χ1v) is 34.4. The monoisotopic (exact) mass is 1610 g/mol. The number of fused-ring (bicyclic) bond motifs is 8. The quantitative estimate of drug-likeness (QED) is 0.0745. The summed E-state index contributed by atoms with van der Waals surface area (Å²) in [6.45, 7) is 20.8. The van der Waals surface area contributed by atoms with Crippen LogP contribution in [0.2, 0.25) is 5.15 Å². The molecular weight excluding hydrogens is 1540 g/mol. The van der Waals surface area contributed by atoms with E-state index in [4.69, 9.17) is 73.5 Å². The van der Waals surface area contributed by atoms with Crippen LogP contribution in [-0.2, 0) is 42.6 Å². The standard InChI is InChI=1S/C26H27BrN4O5.C16H21N3O5.C15H18ClN3O4.C10H7BrIN.CH3O.Li/c1-14-18(27)10-15-6-7-16(11-19(15)30-14)33-12-26(4)21-20(34-25(2,3)35-21)24(36-26)31-9-8-17-22(31)28-13-29-23(17)32-5;1-15(2)22-10-11(23-15)16(3,7-20)24-14(10)19-6-5-9-12(19)17-8-18-13(9)21-4;1-14(2)21-9-10(22-14)15(3,6-20)23-13(9)19-5-4-8-11(16)17-7-18-12(8)19;1-6-9(11)4-7-2-3-8(12)5-10(7)13-6;1-2;/h6-11,13,20-21,24H,12H2,1-5H3;5-6,8,10-11,14,20H,7H2,1-4H3;4-5,7,9-10,13,20H,6H2,1-3H3;2-5H,1H3;1H3;/q;;;;-1;+1/t20-,21+,24-,26+;10-,11+,14-,16+;9-,10+,13-,15+;;;/m111.../s1. The van der Waals surface area contributed by atoms with Gasteiger partial charge in [-0.3, -0.25) is 9.97 Å². The minimum Gasteiger partial charge on any atom is -0.857 e. The van der Waals surface area contributed by atoms with Crippen molar-refractivity contribution in [1.82, 2.24) is 53.6 Å². The minimum absolute atomic E-state index is 0. The molecular formula is C68H76Br2ClILiN11O15. The molecule has 522 valence electrons. The first-order chi connectivity index (χ1) is 46.6. The van der Waals surface area contributed by atoms with Crippen molar-refractivity contribution in [3.63, 3.8) is 0 Å². The second kappa shape index (κ2) is 29.0. The molecule has 0 radical (unpaired) electrons. The smallest absolute Gasteiger partial charge is 0.857 e. The Balaban J connectivity index is 0.000000139. The Morgan fingerprint density at radius 1 is 0.515 bits per heavy atom. The van der Waals surface area contributed by atoms with Crippen molar-refractivity contribution in [2.45, 2.75) is 166 Å². The van der Waals surface area contributed by atoms with E-state index in [1.807, 2.05) is 145 Å². The normalized spacial score (nSPS) is 28.0. The molecule has 0 aliphatic carbocycles. The molecule has 0 bridgehead atoms. The van der Waals surface area contributed by atoms with Gasteiger partial charge in [-0.05, 0) is 185 Å². The van der Waals surface area contributed by atoms with Gasteiger partial charge < -0.3 is 85.9 Å². The second-order valence-electron chi connectivity index (χ2n) is 26.2. The van der Waals surface area contributed by atoms with Crippen molar-refractivity contribution in [3.8, 4) is 17.5 Å². The van der Waals surface area contributed by atoms with Gasteiger partial charge in [0.1, 0.15) is 107 Å². The summed E-state index contributed by atoms with van der Waals surface area (Å²) in [6.07, 6.45) is 6.39. The van der Waals surface area contributed by atoms with E-state index in [-0.39, 0.29) is 75.3 Å². The number of halogens is 4. The van der Waals surface area contributed by atoms with Crippen molar-refractivity contribution in [1.29, 1.82) is 0 Å². The maximum absolute atomic E-state index is 9.84. The number of nitrogens with zero attached hydrogens (tertiary/aromatic N) is 11. The van der Waals surface area contributed by atoms with Crippen LogP contribution in [0.3, 0.4) is 0 Å². The number of aliphatic hydroxyl groups is 2. The fraction of sp³-hybridized carbons (Fsp3) is 0.471. The number of aliphatic hydroxyl groups excluding tert-OH is 2. The van der Waals surface area contributed by atoms with Crippen molar-refractivity contribution >= 4 is 121 Å². The van der Waals surface area contributed by atoms with Crippen molar-refractivity contribution in [2.24, 2.45) is 0 Å². The van der Waals surface area contributed by atoms with Crippen molar-refractivity contribution in [3.05, 3.63) is 133 Å². The van der Waals surface area contributed by atoms with Gasteiger partial charge in [-0.2, -0.15) is 7.11 Å². The third-order valence-electron chi connectivity index (χ3n) is 17.8. The number of benzene rings is 2. The number of hydrogen-bond donors (Lipinski definition) is 2. The molecule has 6 aliphatic heterocycles. The second-order valence-corrected chi connectivity index (χ2v) is 29.6. The van der Waals surface area contributed by atoms with Gasteiger partial charge in [-0.15, -0.1) is 0 Å². The molecule has 16 rings (SSSR count). The summed E-state index contributed by atoms with van der Waals surface area (Å²) >= 11 is 15.4. The van der Waals surface area contributed by atoms with Crippen LogP contribution in [0.1, 0.15) is 92.4 Å². The van der Waals surface area contributed by atoms with E-state index >= 15 is 0 Å². The van der Waals surface area contributed by atoms with Crippen LogP contribution >= 0.6 is 66.1 Å². The Kier molecular flexibility index (Phi) is 21.9. The van der Waals surface area contributed by atoms with Gasteiger partial charge >= 0.3 is 18.9 Å². The molecule has 0 unspecified atom stereocenters. The predicted octanol–water partition coefficient (Wildman–Crippen LogP) is 7.96. The van der Waals surface area contributed by atoms with Gasteiger partial charge in [0, 0.05) is 47.9 Å². The van der Waals surface area contributed by atoms with E-state index in [9.17, 15) is 10.2 Å². The average Bonchev–Trinajstić information content (AvgIpc) is 1.58. The first kappa shape index (κ1) is 74.8. The van der Waals surface area contributed by atoms with E-state index in [1.54, 1.807) is 14.2 Å². The largest absolute Gasteiger partial charge is 1.00 e. The van der Waals surface area contributed by atoms with Gasteiger partial charge in [0.15, 0.2) is 36.0 Å². The van der Waals surface area contributed by atoms with Gasteiger partial charge in [-0.1, -0.05) is 17.7 Å². The number of ether oxygens (including phenoxy) is 12. The van der Waals surface area contributed by atoms with Crippen molar-refractivity contribution < 1.29 is 91.0 Å². The first-order valence-electron chi connectivity index (χ1n) is 31.4. The van der Waals surface area contributed by atoms with E-state index in [0.717, 1.165) is 60.0 Å². The zero-order valence-electron chi connectivity index (χ0n) is 57.3. The Hall–Kier alpha value is -5.38. The minimum atomic E-state index is -0.851. The summed E-state index contributed by atoms with van der Waals surface area (Å²) in [5.74, 6) is -0.500. The Labute approximate surface area is 618 Å². The zero-order chi connectivity index (χ0) is 70.2. The summed E-state index contributed by atoms with van der Waals surface area (Å²) in [6, 6.07) is 22.0. The molecule has 99 heavy (non-hydrogen) atoms. The summed E-state index contributed by atoms with van der Waals surface area (Å²) in [7, 11) is 3.91. The molecule has 26 nitrogen and oxygen atoms in total. The number of rotatable bonds is 10. The molecule has 14 heterocycles. The molecule has 0 saturated carbocycles. The molecule has 10 aromatic rings. The SMILES string of the molecule is CC1(C)O[C@H]2[C@H](n3ccc4c(Cl)ncnc43)O[C@@](C)(CO)[C@H]2O1.COc1ncnc2c1ccn2[C@@H]1O[C@@](C)(CO)[C@H]2OC(C)(C)O[C@@H]12.COc1ncnc2c1ccn2[C@@H]1O[C@@](C)(COc2ccc3cc(Br)c(C)nc3c2)[C@H]2OC(C)(C)O[C@@H]12.C[O-].Cc1nc2cc(I)ccc2cc1Br.[Li+]. The number of aryl methyl sites for hydroxylation is 2. The van der Waals surface area contributed by atoms with Crippen LogP contribution in [0.25, 0.3) is 54.9 Å². The molecule has 8 aromatic heterocycles. The molecule has 2 N–H and O–H groups in total. The number of pyridine rings is 2. The predicted molar refractivity (Wildman–Crippen MR) is 374 cm³/mol. The van der Waals surface area contributed by atoms with E-state index < -0.39 is 52.8 Å². The number of aromatic nitrogens is 11. The maximum atomic E-state index is 9.84. The summed E-state index contributed by atoms with van der Waals surface area (Å²) < 4.78 is 81.5. The van der Waals surface area contributed by atoms with Crippen LogP contribution in [0.5, 0.6) is 17.5 Å². The summed E-state index contributed by atoms with van der Waals surface area (Å²) in [5, 5.41) is 32.8. The van der Waals surface area contributed by atoms with Gasteiger partial charge in [0.2, 0.25) is 11.8 Å². The Morgan fingerprint density at radius 3 is 1.33 bits per heavy atom. The van der Waals surface area contributed by atoms with Gasteiger partial charge in [0.05, 0.1) is 66.0 Å². The van der Waals surface area contributed by atoms with Crippen LogP contribution in [0.15, 0.2) is 113 Å². The van der Waals surface area contributed by atoms with Crippen LogP contribution in [-0.4, -0.2) is 176 Å². The molecule has 6 aliphatic rings. The van der Waals surface area contributed by atoms with Crippen LogP contribution in [0.4, 0.5) is 0 Å². The molecule has 0 amide bonds. The fourth-order valence-corrected chi connectivity index (χ4v) is 14.5. The average molecular weight is 1620 g/mol. The Morgan fingerprint density at radius 2 is 0.899 bits per heavy atom. The topological polar surface area (TPSA) is 292 Å². The summed E-state index contributed by atoms with van der Waals surface area (Å²) in [5.41, 5.74) is 3.45. The van der Waals surface area contributed by atoms with Crippen molar-refractivity contribution in [2.75, 3.05) is 41.2 Å².